The summed E-state index contributed by atoms with van der Waals surface area (Å²) < 4.78 is 5.38. The maximum atomic E-state index is 5.89. The van der Waals surface area contributed by atoms with E-state index in [1.807, 2.05) is 6.92 Å². The highest BCUT2D eigenvalue weighted by Crippen LogP contribution is 2.24. The first-order valence-electron chi connectivity index (χ1n) is 4.63. The average molecular weight is 233 g/mol. The summed E-state index contributed by atoms with van der Waals surface area (Å²) in [7, 11) is 0. The zero-order valence-corrected chi connectivity index (χ0v) is 9.64. The molecule has 14 heavy (non-hydrogen) atoms. The molecule has 1 aliphatic heterocycles. The van der Waals surface area contributed by atoms with Crippen molar-refractivity contribution in [3.63, 3.8) is 0 Å². The van der Waals surface area contributed by atoms with Crippen molar-refractivity contribution in [1.82, 2.24) is 4.98 Å². The van der Waals surface area contributed by atoms with E-state index in [-0.39, 0.29) is 6.04 Å². The number of morpholine rings is 1. The highest BCUT2D eigenvalue weighted by Gasteiger charge is 2.24. The minimum Gasteiger partial charge on any atom is -0.377 e. The Morgan fingerprint density at radius 1 is 1.79 bits per heavy atom. The van der Waals surface area contributed by atoms with E-state index in [0.717, 1.165) is 24.0 Å². The molecule has 1 aliphatic rings. The van der Waals surface area contributed by atoms with E-state index < -0.39 is 0 Å². The van der Waals surface area contributed by atoms with Gasteiger partial charge in [0.1, 0.15) is 0 Å². The molecule has 78 valence electrons. The number of halogens is 1. The Morgan fingerprint density at radius 3 is 3.29 bits per heavy atom. The van der Waals surface area contributed by atoms with Crippen LogP contribution in [0.2, 0.25) is 0 Å². The van der Waals surface area contributed by atoms with Gasteiger partial charge >= 0.3 is 0 Å². The van der Waals surface area contributed by atoms with Crippen LogP contribution in [0.1, 0.15) is 5.69 Å². The molecule has 2 rings (SSSR count). The Kier molecular flexibility index (Phi) is 3.26. The van der Waals surface area contributed by atoms with Gasteiger partial charge in [-0.3, -0.25) is 0 Å². The molecule has 1 unspecified atom stereocenters. The molecule has 2 heterocycles. The van der Waals surface area contributed by atoms with Gasteiger partial charge in [0.05, 0.1) is 24.9 Å². The van der Waals surface area contributed by atoms with Gasteiger partial charge in [0.2, 0.25) is 0 Å². The molecule has 0 amide bonds. The quantitative estimate of drug-likeness (QED) is 0.729. The van der Waals surface area contributed by atoms with Crippen LogP contribution in [0.15, 0.2) is 5.38 Å². The lowest BCUT2D eigenvalue weighted by Crippen LogP contribution is -2.46. The third kappa shape index (κ3) is 2.02. The molecule has 1 atom stereocenters. The molecule has 0 N–H and O–H groups in total. The third-order valence-electron chi connectivity index (χ3n) is 2.26. The Morgan fingerprint density at radius 2 is 2.64 bits per heavy atom. The second-order valence-corrected chi connectivity index (χ2v) is 4.49. The van der Waals surface area contributed by atoms with Crippen molar-refractivity contribution in [3.8, 4) is 0 Å². The molecule has 0 spiro atoms. The summed E-state index contributed by atoms with van der Waals surface area (Å²) in [6, 6.07) is 0.274. The lowest BCUT2D eigenvalue weighted by Gasteiger charge is -2.34. The van der Waals surface area contributed by atoms with Gasteiger partial charge in [0.15, 0.2) is 5.13 Å². The smallest absolute Gasteiger partial charge is 0.185 e. The summed E-state index contributed by atoms with van der Waals surface area (Å²) >= 11 is 7.56. The van der Waals surface area contributed by atoms with Crippen LogP contribution in [0.25, 0.3) is 0 Å². The highest BCUT2D eigenvalue weighted by atomic mass is 35.5. The first kappa shape index (κ1) is 10.2. The van der Waals surface area contributed by atoms with Crippen LogP contribution in [0.5, 0.6) is 0 Å². The van der Waals surface area contributed by atoms with Crippen LogP contribution in [-0.4, -0.2) is 36.7 Å². The first-order chi connectivity index (χ1) is 6.81. The molecule has 0 aromatic carbocycles. The Balaban J connectivity index is 2.14. The topological polar surface area (TPSA) is 25.4 Å². The van der Waals surface area contributed by atoms with E-state index in [9.17, 15) is 0 Å². The van der Waals surface area contributed by atoms with Crippen molar-refractivity contribution in [3.05, 3.63) is 11.1 Å². The van der Waals surface area contributed by atoms with Gasteiger partial charge in [0, 0.05) is 17.8 Å². The summed E-state index contributed by atoms with van der Waals surface area (Å²) in [6.45, 7) is 4.38. The predicted octanol–water partition coefficient (Wildman–Crippen LogP) is 1.90. The van der Waals surface area contributed by atoms with E-state index in [1.54, 1.807) is 11.3 Å². The molecule has 0 bridgehead atoms. The maximum absolute atomic E-state index is 5.89. The molecule has 3 nitrogen and oxygen atoms in total. The van der Waals surface area contributed by atoms with Crippen LogP contribution < -0.4 is 4.90 Å². The summed E-state index contributed by atoms with van der Waals surface area (Å²) in [5.41, 5.74) is 1.07. The lowest BCUT2D eigenvalue weighted by atomic mass is 10.3. The molecule has 0 aliphatic carbocycles. The fraction of sp³-hybridized carbons (Fsp3) is 0.667. The van der Waals surface area contributed by atoms with Gasteiger partial charge in [-0.1, -0.05) is 0 Å². The predicted molar refractivity (Wildman–Crippen MR) is 59.5 cm³/mol. The van der Waals surface area contributed by atoms with E-state index in [0.29, 0.717) is 12.5 Å². The zero-order valence-electron chi connectivity index (χ0n) is 8.07. The van der Waals surface area contributed by atoms with Gasteiger partial charge in [-0.05, 0) is 6.92 Å². The van der Waals surface area contributed by atoms with Crippen molar-refractivity contribution in [2.75, 3.05) is 30.5 Å². The number of anilines is 1. The van der Waals surface area contributed by atoms with E-state index in [2.05, 4.69) is 15.3 Å². The van der Waals surface area contributed by atoms with Crippen molar-refractivity contribution < 1.29 is 4.74 Å². The van der Waals surface area contributed by atoms with Gasteiger partial charge in [-0.2, -0.15) is 0 Å². The van der Waals surface area contributed by atoms with Gasteiger partial charge in [-0.15, -0.1) is 22.9 Å². The normalized spacial score (nSPS) is 22.7. The van der Waals surface area contributed by atoms with Gasteiger partial charge in [-0.25, -0.2) is 4.98 Å². The highest BCUT2D eigenvalue weighted by molar-refractivity contribution is 7.13. The Bertz CT molecular complexity index is 305. The Hall–Kier alpha value is -0.320. The number of thiazole rings is 1. The molecule has 0 saturated carbocycles. The number of rotatable bonds is 2. The molecule has 1 saturated heterocycles. The van der Waals surface area contributed by atoms with Crippen molar-refractivity contribution >= 4 is 28.1 Å². The Labute approximate surface area is 92.7 Å². The molecule has 1 fully saturated rings. The number of hydrogen-bond donors (Lipinski definition) is 0. The number of nitrogens with zero attached hydrogens (tertiary/aromatic N) is 2. The van der Waals surface area contributed by atoms with Gasteiger partial charge in [0.25, 0.3) is 0 Å². The third-order valence-corrected chi connectivity index (χ3v) is 3.61. The molecular formula is C9H13ClN2OS. The zero-order chi connectivity index (χ0) is 9.97. The van der Waals surface area contributed by atoms with E-state index in [4.69, 9.17) is 16.3 Å². The monoisotopic (exact) mass is 232 g/mol. The van der Waals surface area contributed by atoms with E-state index >= 15 is 0 Å². The minimum absolute atomic E-state index is 0.274. The number of hydrogen-bond acceptors (Lipinski definition) is 4. The minimum atomic E-state index is 0.274. The fourth-order valence-corrected chi connectivity index (χ4v) is 2.66. The van der Waals surface area contributed by atoms with Gasteiger partial charge < -0.3 is 9.64 Å². The van der Waals surface area contributed by atoms with Crippen molar-refractivity contribution in [1.29, 1.82) is 0 Å². The largest absolute Gasteiger partial charge is 0.377 e. The van der Waals surface area contributed by atoms with Crippen molar-refractivity contribution in [2.45, 2.75) is 13.0 Å². The van der Waals surface area contributed by atoms with Crippen LogP contribution >= 0.6 is 22.9 Å². The maximum Gasteiger partial charge on any atom is 0.185 e. The summed E-state index contributed by atoms with van der Waals surface area (Å²) in [5, 5.41) is 3.13. The van der Waals surface area contributed by atoms with Crippen LogP contribution in [-0.2, 0) is 4.74 Å². The van der Waals surface area contributed by atoms with Crippen LogP contribution in [0.3, 0.4) is 0 Å². The molecule has 1 aromatic heterocycles. The fourth-order valence-electron chi connectivity index (χ4n) is 1.51. The standard InChI is InChI=1S/C9H13ClN2OS/c1-7-6-14-9(11-7)12-2-3-13-5-8(12)4-10/h6,8H,2-5H2,1H3. The summed E-state index contributed by atoms with van der Waals surface area (Å²) in [4.78, 5) is 6.71. The molecule has 1 aromatic rings. The second-order valence-electron chi connectivity index (χ2n) is 3.35. The lowest BCUT2D eigenvalue weighted by molar-refractivity contribution is 0.0997. The summed E-state index contributed by atoms with van der Waals surface area (Å²) in [6.07, 6.45) is 0. The SMILES string of the molecule is Cc1csc(N2CCOCC2CCl)n1. The van der Waals surface area contributed by atoms with E-state index in [1.165, 1.54) is 0 Å². The average Bonchev–Trinajstić information content (AvgIpc) is 2.65. The number of aromatic nitrogens is 1. The first-order valence-corrected chi connectivity index (χ1v) is 6.05. The molecule has 0 radical (unpaired) electrons. The van der Waals surface area contributed by atoms with Crippen LogP contribution in [0, 0.1) is 6.92 Å². The number of aryl methyl sites for hydroxylation is 1. The summed E-state index contributed by atoms with van der Waals surface area (Å²) in [5.74, 6) is 0.596. The van der Waals surface area contributed by atoms with Crippen molar-refractivity contribution in [2.24, 2.45) is 0 Å². The number of alkyl halides is 1. The second kappa shape index (κ2) is 4.47. The number of ether oxygens (including phenoxy) is 1. The molecule has 5 heteroatoms. The molecular weight excluding hydrogens is 220 g/mol. The van der Waals surface area contributed by atoms with Crippen LogP contribution in [0.4, 0.5) is 5.13 Å².